The van der Waals surface area contributed by atoms with Crippen LogP contribution in [0, 0.1) is 17.8 Å². The van der Waals surface area contributed by atoms with Crippen molar-refractivity contribution in [3.8, 4) is 0 Å². The highest BCUT2D eigenvalue weighted by Crippen LogP contribution is 2.56. The molecule has 4 nitrogen and oxygen atoms in total. The van der Waals surface area contributed by atoms with Crippen LogP contribution < -0.4 is 4.72 Å². The molecule has 2 fully saturated rings. The maximum Gasteiger partial charge on any atom is 0.240 e. The van der Waals surface area contributed by atoms with Gasteiger partial charge in [0.1, 0.15) is 6.29 Å². The van der Waals surface area contributed by atoms with Gasteiger partial charge in [0.25, 0.3) is 0 Å². The van der Waals surface area contributed by atoms with Crippen molar-refractivity contribution in [1.82, 2.24) is 4.72 Å². The Morgan fingerprint density at radius 2 is 1.95 bits per heavy atom. The standard InChI is InChI=1S/C14H17NO3S/c16-7-6-12-13-8-10(13)9-14(12)15-19(17,18)11-4-2-1-3-5-11/h1-5,7,10,12-15H,6,8-9H2/t10-,12+,13-,14+/m1/s1. The summed E-state index contributed by atoms with van der Waals surface area (Å²) in [6.45, 7) is 0. The van der Waals surface area contributed by atoms with Gasteiger partial charge >= 0.3 is 0 Å². The van der Waals surface area contributed by atoms with Crippen molar-refractivity contribution in [2.24, 2.45) is 17.8 Å². The lowest BCUT2D eigenvalue weighted by Crippen LogP contribution is -2.39. The number of rotatable bonds is 5. The molecule has 19 heavy (non-hydrogen) atoms. The van der Waals surface area contributed by atoms with E-state index in [0.29, 0.717) is 23.2 Å². The summed E-state index contributed by atoms with van der Waals surface area (Å²) in [5.41, 5.74) is 0. The van der Waals surface area contributed by atoms with E-state index in [-0.39, 0.29) is 12.0 Å². The number of hydrogen-bond donors (Lipinski definition) is 1. The Morgan fingerprint density at radius 1 is 1.21 bits per heavy atom. The summed E-state index contributed by atoms with van der Waals surface area (Å²) in [4.78, 5) is 11.0. The minimum absolute atomic E-state index is 0.0841. The normalized spacial score (nSPS) is 32.8. The van der Waals surface area contributed by atoms with Crippen molar-refractivity contribution in [3.05, 3.63) is 30.3 Å². The van der Waals surface area contributed by atoms with Crippen LogP contribution in [-0.4, -0.2) is 20.7 Å². The Hall–Kier alpha value is -1.20. The Morgan fingerprint density at radius 3 is 2.63 bits per heavy atom. The molecule has 102 valence electrons. The zero-order valence-corrected chi connectivity index (χ0v) is 11.3. The fraction of sp³-hybridized carbons (Fsp3) is 0.500. The van der Waals surface area contributed by atoms with Crippen molar-refractivity contribution in [2.45, 2.75) is 30.2 Å². The number of benzene rings is 1. The highest BCUT2D eigenvalue weighted by Gasteiger charge is 2.53. The predicted octanol–water partition coefficient (Wildman–Crippen LogP) is 1.58. The summed E-state index contributed by atoms with van der Waals surface area (Å²) >= 11 is 0. The largest absolute Gasteiger partial charge is 0.303 e. The van der Waals surface area contributed by atoms with Gasteiger partial charge in [-0.25, -0.2) is 13.1 Å². The average Bonchev–Trinajstić information content (AvgIpc) is 3.08. The first-order valence-electron chi connectivity index (χ1n) is 6.63. The Labute approximate surface area is 113 Å². The topological polar surface area (TPSA) is 63.2 Å². The Balaban J connectivity index is 1.76. The molecule has 1 aromatic rings. The first-order chi connectivity index (χ1) is 9.12. The Kier molecular flexibility index (Phi) is 3.19. The lowest BCUT2D eigenvalue weighted by Gasteiger charge is -2.22. The van der Waals surface area contributed by atoms with Crippen molar-refractivity contribution < 1.29 is 13.2 Å². The molecular weight excluding hydrogens is 262 g/mol. The summed E-state index contributed by atoms with van der Waals surface area (Å²) in [5.74, 6) is 1.35. The Bertz CT molecular complexity index is 570. The molecule has 5 heteroatoms. The summed E-state index contributed by atoms with van der Waals surface area (Å²) in [7, 11) is -3.46. The molecule has 1 N–H and O–H groups in total. The van der Waals surface area contributed by atoms with Gasteiger partial charge in [-0.05, 0) is 42.7 Å². The number of hydrogen-bond acceptors (Lipinski definition) is 3. The molecule has 3 rings (SSSR count). The van der Waals surface area contributed by atoms with Gasteiger partial charge in [0.15, 0.2) is 0 Å². The maximum atomic E-state index is 12.3. The van der Waals surface area contributed by atoms with Crippen molar-refractivity contribution in [2.75, 3.05) is 0 Å². The van der Waals surface area contributed by atoms with Gasteiger partial charge in [-0.15, -0.1) is 0 Å². The molecule has 0 bridgehead atoms. The fourth-order valence-corrected chi connectivity index (χ4v) is 4.64. The zero-order valence-electron chi connectivity index (χ0n) is 10.5. The van der Waals surface area contributed by atoms with Crippen LogP contribution in [0.3, 0.4) is 0 Å². The number of fused-ring (bicyclic) bond motifs is 1. The first kappa shape index (κ1) is 12.8. The van der Waals surface area contributed by atoms with E-state index in [9.17, 15) is 13.2 Å². The second-order valence-electron chi connectivity index (χ2n) is 5.50. The van der Waals surface area contributed by atoms with Crippen LogP contribution in [0.15, 0.2) is 35.2 Å². The van der Waals surface area contributed by atoms with E-state index in [1.54, 1.807) is 30.3 Å². The number of carbonyl (C=O) groups excluding carboxylic acids is 1. The third kappa shape index (κ3) is 2.44. The van der Waals surface area contributed by atoms with Crippen molar-refractivity contribution in [1.29, 1.82) is 0 Å². The van der Waals surface area contributed by atoms with Gasteiger partial charge < -0.3 is 4.79 Å². The molecular formula is C14H17NO3S. The molecule has 0 spiro atoms. The van der Waals surface area contributed by atoms with Crippen LogP contribution >= 0.6 is 0 Å². The van der Waals surface area contributed by atoms with E-state index in [2.05, 4.69) is 4.72 Å². The third-order valence-corrected chi connectivity index (χ3v) is 5.83. The van der Waals surface area contributed by atoms with Gasteiger partial charge in [0, 0.05) is 12.5 Å². The van der Waals surface area contributed by atoms with Crippen molar-refractivity contribution >= 4 is 16.3 Å². The van der Waals surface area contributed by atoms with E-state index in [1.807, 2.05) is 0 Å². The molecule has 1 aromatic carbocycles. The number of sulfonamides is 1. The molecule has 0 aromatic heterocycles. The fourth-order valence-electron chi connectivity index (χ4n) is 3.32. The molecule has 0 radical (unpaired) electrons. The highest BCUT2D eigenvalue weighted by molar-refractivity contribution is 7.89. The van der Waals surface area contributed by atoms with Crippen LogP contribution in [-0.2, 0) is 14.8 Å². The zero-order chi connectivity index (χ0) is 13.5. The molecule has 2 aliphatic carbocycles. The highest BCUT2D eigenvalue weighted by atomic mass is 32.2. The summed E-state index contributed by atoms with van der Waals surface area (Å²) in [6.07, 6.45) is 3.40. The second-order valence-corrected chi connectivity index (χ2v) is 7.22. The molecule has 0 saturated heterocycles. The number of aldehydes is 1. The average molecular weight is 279 g/mol. The van der Waals surface area contributed by atoms with E-state index in [1.165, 1.54) is 0 Å². The summed E-state index contributed by atoms with van der Waals surface area (Å²) in [5, 5.41) is 0. The van der Waals surface area contributed by atoms with Crippen LogP contribution in [0.25, 0.3) is 0 Å². The monoisotopic (exact) mass is 279 g/mol. The van der Waals surface area contributed by atoms with Crippen molar-refractivity contribution in [3.63, 3.8) is 0 Å². The molecule has 0 aliphatic heterocycles. The second kappa shape index (κ2) is 4.72. The predicted molar refractivity (Wildman–Crippen MR) is 70.9 cm³/mol. The van der Waals surface area contributed by atoms with E-state index in [0.717, 1.165) is 19.1 Å². The molecule has 0 heterocycles. The SMILES string of the molecule is O=CC[C@H]1[C@@H]2C[C@@H]2C[C@@H]1NS(=O)(=O)c1ccccc1. The maximum absolute atomic E-state index is 12.3. The van der Waals surface area contributed by atoms with Crippen LogP contribution in [0.4, 0.5) is 0 Å². The molecule has 4 atom stereocenters. The molecule has 2 saturated carbocycles. The third-order valence-electron chi connectivity index (χ3n) is 4.33. The lowest BCUT2D eigenvalue weighted by atomic mass is 9.96. The van der Waals surface area contributed by atoms with Gasteiger partial charge in [-0.2, -0.15) is 0 Å². The minimum atomic E-state index is -3.46. The van der Waals surface area contributed by atoms with Gasteiger partial charge in [0.05, 0.1) is 4.90 Å². The van der Waals surface area contributed by atoms with E-state index in [4.69, 9.17) is 0 Å². The smallest absolute Gasteiger partial charge is 0.240 e. The van der Waals surface area contributed by atoms with Gasteiger partial charge in [-0.3, -0.25) is 0 Å². The molecule has 0 amide bonds. The minimum Gasteiger partial charge on any atom is -0.303 e. The van der Waals surface area contributed by atoms with Gasteiger partial charge in [0.2, 0.25) is 10.0 Å². The van der Waals surface area contributed by atoms with Crippen LogP contribution in [0.5, 0.6) is 0 Å². The number of nitrogens with one attached hydrogen (secondary N) is 1. The summed E-state index contributed by atoms with van der Waals surface area (Å²) in [6, 6.07) is 8.31. The van der Waals surface area contributed by atoms with Crippen LogP contribution in [0.1, 0.15) is 19.3 Å². The van der Waals surface area contributed by atoms with E-state index >= 15 is 0 Å². The molecule has 0 unspecified atom stereocenters. The van der Waals surface area contributed by atoms with Crippen LogP contribution in [0.2, 0.25) is 0 Å². The van der Waals surface area contributed by atoms with E-state index < -0.39 is 10.0 Å². The quantitative estimate of drug-likeness (QED) is 0.832. The van der Waals surface area contributed by atoms with Gasteiger partial charge in [-0.1, -0.05) is 18.2 Å². The first-order valence-corrected chi connectivity index (χ1v) is 8.11. The lowest BCUT2D eigenvalue weighted by molar-refractivity contribution is -0.108. The summed E-state index contributed by atoms with van der Waals surface area (Å²) < 4.78 is 27.3. The molecule has 2 aliphatic rings. The number of carbonyl (C=O) groups is 1.